The van der Waals surface area contributed by atoms with Gasteiger partial charge in [0.1, 0.15) is 17.0 Å². The zero-order valence-corrected chi connectivity index (χ0v) is 14.7. The zero-order chi connectivity index (χ0) is 19.7. The van der Waals surface area contributed by atoms with Crippen molar-refractivity contribution in [2.75, 3.05) is 0 Å². The van der Waals surface area contributed by atoms with Crippen LogP contribution >= 0.6 is 0 Å². The number of hydrogen-bond acceptors (Lipinski definition) is 3. The summed E-state index contributed by atoms with van der Waals surface area (Å²) in [7, 11) is 0. The molecule has 3 N–H and O–H groups in total. The van der Waals surface area contributed by atoms with E-state index in [0.717, 1.165) is 6.08 Å². The van der Waals surface area contributed by atoms with E-state index in [2.05, 4.69) is 30.4 Å². The second kappa shape index (κ2) is 9.36. The maximum atomic E-state index is 13.0. The Balaban J connectivity index is 2.82. The zero-order valence-electron chi connectivity index (χ0n) is 14.7. The second-order valence-corrected chi connectivity index (χ2v) is 5.72. The van der Waals surface area contributed by atoms with Gasteiger partial charge in [-0.05, 0) is 62.3 Å². The lowest BCUT2D eigenvalue weighted by Crippen LogP contribution is -2.42. The number of aliphatic hydroxyl groups is 1. The number of carbonyl (C=O) groups is 2. The van der Waals surface area contributed by atoms with Crippen LogP contribution in [0.5, 0.6) is 0 Å². The van der Waals surface area contributed by atoms with Gasteiger partial charge in [-0.3, -0.25) is 9.59 Å². The van der Waals surface area contributed by atoms with Gasteiger partial charge in [0.15, 0.2) is 0 Å². The molecule has 1 aliphatic carbocycles. The van der Waals surface area contributed by atoms with Crippen molar-refractivity contribution in [3.8, 4) is 0 Å². The molecule has 0 atom stereocenters. The summed E-state index contributed by atoms with van der Waals surface area (Å²) in [4.78, 5) is 24.9. The number of amides is 2. The first-order valence-corrected chi connectivity index (χ1v) is 7.94. The number of rotatable bonds is 9. The molecule has 0 bridgehead atoms. The summed E-state index contributed by atoms with van der Waals surface area (Å²) in [6.45, 7) is 11.9. The lowest BCUT2D eigenvalue weighted by molar-refractivity contribution is -0.136. The van der Waals surface area contributed by atoms with E-state index in [4.69, 9.17) is 0 Å². The van der Waals surface area contributed by atoms with Crippen LogP contribution in [0.15, 0.2) is 85.2 Å². The Morgan fingerprint density at radius 2 is 1.58 bits per heavy atom. The Morgan fingerprint density at radius 1 is 0.962 bits per heavy atom. The molecule has 0 unspecified atom stereocenters. The summed E-state index contributed by atoms with van der Waals surface area (Å²) in [5, 5.41) is 14.6. The average molecular weight is 358 g/mol. The smallest absolute Gasteiger partial charge is 0.240 e. The Morgan fingerprint density at radius 3 is 2.08 bits per heavy atom. The highest BCUT2D eigenvalue weighted by molar-refractivity contribution is 6.08. The first-order chi connectivity index (χ1) is 12.3. The molecule has 6 heteroatoms. The summed E-state index contributed by atoms with van der Waals surface area (Å²) in [6, 6.07) is 0. The highest BCUT2D eigenvalue weighted by Crippen LogP contribution is 2.46. The molecule has 2 amide bonds. The van der Waals surface area contributed by atoms with Crippen LogP contribution in [-0.2, 0) is 9.59 Å². The van der Waals surface area contributed by atoms with Gasteiger partial charge in [0.25, 0.3) is 0 Å². The third-order valence-electron chi connectivity index (χ3n) is 3.74. The molecule has 1 fully saturated rings. The summed E-state index contributed by atoms with van der Waals surface area (Å²) < 4.78 is 13.0. The van der Waals surface area contributed by atoms with E-state index in [9.17, 15) is 19.1 Å². The van der Waals surface area contributed by atoms with Crippen molar-refractivity contribution >= 4 is 11.8 Å². The van der Waals surface area contributed by atoms with Gasteiger partial charge in [-0.15, -0.1) is 0 Å². The van der Waals surface area contributed by atoms with Gasteiger partial charge < -0.3 is 15.7 Å². The summed E-state index contributed by atoms with van der Waals surface area (Å²) in [5.41, 5.74) is -0.419. The first kappa shape index (κ1) is 20.9. The Bertz CT molecular complexity index is 738. The van der Waals surface area contributed by atoms with Crippen LogP contribution in [0.2, 0.25) is 0 Å². The standard InChI is InChI=1S/C20H23FN2O3/c1-5-15(21)9-8-14(4)22-18(25)20(12-13-20)19(26)23-16(6-2)10-11-17(24)7-3/h5-11,24H,1-3,12-13H2,4H3,(H,22,25)(H,23,26)/b14-8+,15-9+,16-10+,17-11+. The minimum absolute atomic E-state index is 0.0712. The molecular weight excluding hydrogens is 335 g/mol. The monoisotopic (exact) mass is 358 g/mol. The fourth-order valence-corrected chi connectivity index (χ4v) is 1.95. The first-order valence-electron chi connectivity index (χ1n) is 7.94. The molecule has 0 aliphatic heterocycles. The van der Waals surface area contributed by atoms with Crippen molar-refractivity contribution in [2.24, 2.45) is 5.41 Å². The predicted molar refractivity (Wildman–Crippen MR) is 100 cm³/mol. The highest BCUT2D eigenvalue weighted by Gasteiger charge is 2.56. The molecule has 1 saturated carbocycles. The van der Waals surface area contributed by atoms with Crippen molar-refractivity contribution in [3.63, 3.8) is 0 Å². The van der Waals surface area contributed by atoms with Gasteiger partial charge >= 0.3 is 0 Å². The number of hydrogen-bond donors (Lipinski definition) is 3. The third-order valence-corrected chi connectivity index (χ3v) is 3.74. The molecule has 1 rings (SSSR count). The molecule has 0 aromatic rings. The van der Waals surface area contributed by atoms with E-state index in [0.29, 0.717) is 24.2 Å². The minimum Gasteiger partial charge on any atom is -0.508 e. The lowest BCUT2D eigenvalue weighted by Gasteiger charge is -2.16. The molecule has 0 aromatic heterocycles. The van der Waals surface area contributed by atoms with E-state index < -0.39 is 23.1 Å². The maximum absolute atomic E-state index is 13.0. The molecule has 0 heterocycles. The molecule has 0 radical (unpaired) electrons. The maximum Gasteiger partial charge on any atom is 0.240 e. The quantitative estimate of drug-likeness (QED) is 0.334. The predicted octanol–water partition coefficient (Wildman–Crippen LogP) is 3.64. The Labute approximate surface area is 152 Å². The van der Waals surface area contributed by atoms with Crippen LogP contribution in [0.4, 0.5) is 4.39 Å². The number of carbonyl (C=O) groups excluding carboxylic acids is 2. The number of halogens is 1. The van der Waals surface area contributed by atoms with Crippen LogP contribution < -0.4 is 10.6 Å². The van der Waals surface area contributed by atoms with Gasteiger partial charge in [0, 0.05) is 11.4 Å². The number of allylic oxidation sites excluding steroid dienone is 9. The van der Waals surface area contributed by atoms with Crippen molar-refractivity contribution < 1.29 is 19.1 Å². The number of aliphatic hydroxyl groups excluding tert-OH is 1. The third kappa shape index (κ3) is 5.73. The van der Waals surface area contributed by atoms with Gasteiger partial charge in [-0.25, -0.2) is 4.39 Å². The van der Waals surface area contributed by atoms with Crippen LogP contribution in [0.3, 0.4) is 0 Å². The molecule has 1 aliphatic rings. The van der Waals surface area contributed by atoms with Crippen LogP contribution in [0.1, 0.15) is 19.8 Å². The van der Waals surface area contributed by atoms with Crippen molar-refractivity contribution in [1.82, 2.24) is 10.6 Å². The highest BCUT2D eigenvalue weighted by atomic mass is 19.1. The Kier molecular flexibility index (Phi) is 7.52. The van der Waals surface area contributed by atoms with Crippen molar-refractivity contribution in [2.45, 2.75) is 19.8 Å². The Hall–Kier alpha value is -3.15. The largest absolute Gasteiger partial charge is 0.508 e. The molecule has 0 aromatic carbocycles. The minimum atomic E-state index is -1.16. The number of nitrogens with one attached hydrogen (secondary N) is 2. The van der Waals surface area contributed by atoms with E-state index in [-0.39, 0.29) is 5.76 Å². The van der Waals surface area contributed by atoms with Crippen LogP contribution in [0.25, 0.3) is 0 Å². The van der Waals surface area contributed by atoms with Crippen molar-refractivity contribution in [3.05, 3.63) is 85.2 Å². The van der Waals surface area contributed by atoms with Crippen LogP contribution in [-0.4, -0.2) is 16.9 Å². The lowest BCUT2D eigenvalue weighted by atomic mass is 10.0. The molecule has 26 heavy (non-hydrogen) atoms. The molecule has 0 saturated heterocycles. The fourth-order valence-electron chi connectivity index (χ4n) is 1.95. The summed E-state index contributed by atoms with van der Waals surface area (Å²) in [6.07, 6.45) is 9.85. The normalized spacial score (nSPS) is 17.2. The average Bonchev–Trinajstić information content (AvgIpc) is 3.44. The summed E-state index contributed by atoms with van der Waals surface area (Å²) >= 11 is 0. The molecule has 0 spiro atoms. The van der Waals surface area contributed by atoms with E-state index in [1.807, 2.05) is 0 Å². The van der Waals surface area contributed by atoms with Gasteiger partial charge in [-0.1, -0.05) is 19.7 Å². The summed E-state index contributed by atoms with van der Waals surface area (Å²) in [5.74, 6) is -1.52. The van der Waals surface area contributed by atoms with Gasteiger partial charge in [0.2, 0.25) is 11.8 Å². The van der Waals surface area contributed by atoms with E-state index in [1.54, 1.807) is 6.92 Å². The molecule has 5 nitrogen and oxygen atoms in total. The molecule has 138 valence electrons. The van der Waals surface area contributed by atoms with Crippen molar-refractivity contribution in [1.29, 1.82) is 0 Å². The van der Waals surface area contributed by atoms with Gasteiger partial charge in [-0.2, -0.15) is 0 Å². The van der Waals surface area contributed by atoms with Crippen LogP contribution in [0, 0.1) is 5.41 Å². The topological polar surface area (TPSA) is 78.4 Å². The van der Waals surface area contributed by atoms with E-state index >= 15 is 0 Å². The van der Waals surface area contributed by atoms with Gasteiger partial charge in [0.05, 0.1) is 0 Å². The van der Waals surface area contributed by atoms with E-state index in [1.165, 1.54) is 36.5 Å². The fraction of sp³-hybridized carbons (Fsp3) is 0.200. The second-order valence-electron chi connectivity index (χ2n) is 5.72. The molecular formula is C20H23FN2O3. The SMILES string of the molecule is C=C/C(O)=C\C=C(/C=C)NC(=O)C1(C(=O)N/C(C)=C/C=C(/F)C=C)CC1.